The minimum Gasteiger partial charge on any atom is -0.492 e. The number of aliphatic imine (C=N–C) groups is 1. The zero-order valence-electron chi connectivity index (χ0n) is 17.9. The van der Waals surface area contributed by atoms with Crippen molar-refractivity contribution in [3.63, 3.8) is 0 Å². The van der Waals surface area contributed by atoms with E-state index < -0.39 is 0 Å². The highest BCUT2D eigenvalue weighted by Gasteiger charge is 2.23. The number of nitrogens with one attached hydrogen (secondary N) is 1. The zero-order chi connectivity index (χ0) is 20.3. The van der Waals surface area contributed by atoms with Crippen LogP contribution in [-0.2, 0) is 9.47 Å². The molecule has 0 spiro atoms. The molecule has 1 N–H and O–H groups in total. The van der Waals surface area contributed by atoms with E-state index in [1.807, 2.05) is 24.3 Å². The van der Waals surface area contributed by atoms with Crippen LogP contribution in [0.1, 0.15) is 39.0 Å². The molecule has 0 aliphatic carbocycles. The number of piperidine rings is 1. The van der Waals surface area contributed by atoms with E-state index in [-0.39, 0.29) is 24.0 Å². The van der Waals surface area contributed by atoms with Crippen molar-refractivity contribution >= 4 is 41.5 Å². The van der Waals surface area contributed by atoms with Crippen molar-refractivity contribution in [2.45, 2.75) is 51.2 Å². The van der Waals surface area contributed by atoms with Crippen molar-refractivity contribution in [3.05, 3.63) is 29.3 Å². The largest absolute Gasteiger partial charge is 0.492 e. The topological polar surface area (TPSA) is 55.3 Å². The lowest BCUT2D eigenvalue weighted by atomic mass is 10.1. The molecule has 0 bridgehead atoms. The summed E-state index contributed by atoms with van der Waals surface area (Å²) in [6, 6.07) is 7.45. The fourth-order valence-electron chi connectivity index (χ4n) is 3.71. The third-order valence-corrected chi connectivity index (χ3v) is 5.52. The first-order valence-corrected chi connectivity index (χ1v) is 11.3. The van der Waals surface area contributed by atoms with Crippen LogP contribution in [0.25, 0.3) is 0 Å². The Kier molecular flexibility index (Phi) is 12.2. The number of guanidine groups is 1. The van der Waals surface area contributed by atoms with Gasteiger partial charge in [0.15, 0.2) is 5.96 Å². The van der Waals surface area contributed by atoms with Crippen molar-refractivity contribution in [3.8, 4) is 5.75 Å². The van der Waals surface area contributed by atoms with E-state index >= 15 is 0 Å². The Labute approximate surface area is 202 Å². The van der Waals surface area contributed by atoms with Crippen molar-refractivity contribution in [1.82, 2.24) is 10.2 Å². The maximum absolute atomic E-state index is 6.12. The number of rotatable bonds is 8. The number of ether oxygens (including phenoxy) is 3. The van der Waals surface area contributed by atoms with Crippen LogP contribution in [0.2, 0.25) is 5.02 Å². The Bertz CT molecular complexity index is 636. The van der Waals surface area contributed by atoms with Gasteiger partial charge in [-0.25, -0.2) is 4.99 Å². The van der Waals surface area contributed by atoms with Crippen LogP contribution in [0.3, 0.4) is 0 Å². The summed E-state index contributed by atoms with van der Waals surface area (Å²) in [5, 5.41) is 4.08. The molecule has 170 valence electrons. The Hall–Kier alpha value is -0.770. The van der Waals surface area contributed by atoms with Gasteiger partial charge in [-0.15, -0.1) is 24.0 Å². The molecular formula is C22H35ClIN3O3. The number of halogens is 2. The van der Waals surface area contributed by atoms with Gasteiger partial charge in [-0.3, -0.25) is 0 Å². The van der Waals surface area contributed by atoms with E-state index in [9.17, 15) is 0 Å². The minimum atomic E-state index is 0. The molecule has 0 aromatic heterocycles. The summed E-state index contributed by atoms with van der Waals surface area (Å²) in [6.45, 7) is 7.60. The molecule has 3 rings (SSSR count). The number of hydrogen-bond acceptors (Lipinski definition) is 4. The van der Waals surface area contributed by atoms with Gasteiger partial charge in [-0.1, -0.05) is 17.7 Å². The predicted octanol–water partition coefficient (Wildman–Crippen LogP) is 4.35. The second-order valence-electron chi connectivity index (χ2n) is 7.55. The van der Waals surface area contributed by atoms with Crippen LogP contribution in [-0.4, -0.2) is 69.1 Å². The van der Waals surface area contributed by atoms with Crippen LogP contribution in [0.4, 0.5) is 0 Å². The monoisotopic (exact) mass is 551 g/mol. The average Bonchev–Trinajstić information content (AvgIpc) is 2.76. The molecule has 2 saturated heterocycles. The second-order valence-corrected chi connectivity index (χ2v) is 7.99. The number of hydrogen-bond donors (Lipinski definition) is 1. The molecule has 1 aromatic carbocycles. The Morgan fingerprint density at radius 3 is 2.80 bits per heavy atom. The first-order chi connectivity index (χ1) is 14.2. The highest BCUT2D eigenvalue weighted by molar-refractivity contribution is 14.0. The highest BCUT2D eigenvalue weighted by atomic mass is 127. The quantitative estimate of drug-likeness (QED) is 0.225. The van der Waals surface area contributed by atoms with Gasteiger partial charge in [0.05, 0.1) is 25.4 Å². The molecule has 8 heteroatoms. The first-order valence-electron chi connectivity index (χ1n) is 10.9. The molecule has 0 saturated carbocycles. The molecule has 2 heterocycles. The lowest BCUT2D eigenvalue weighted by Gasteiger charge is -2.35. The SMILES string of the molecule is CCNC(=NCCOc1cccc(Cl)c1)N1CCC(OCC2CCCCO2)CC1.I. The fraction of sp³-hybridized carbons (Fsp3) is 0.682. The van der Waals surface area contributed by atoms with Crippen LogP contribution in [0.5, 0.6) is 5.75 Å². The highest BCUT2D eigenvalue weighted by Crippen LogP contribution is 2.18. The summed E-state index contributed by atoms with van der Waals surface area (Å²) in [6.07, 6.45) is 6.24. The van der Waals surface area contributed by atoms with Gasteiger partial charge in [0.25, 0.3) is 0 Å². The molecule has 1 unspecified atom stereocenters. The summed E-state index contributed by atoms with van der Waals surface area (Å²) >= 11 is 5.99. The second kappa shape index (κ2) is 14.3. The van der Waals surface area contributed by atoms with Gasteiger partial charge in [-0.05, 0) is 57.2 Å². The minimum absolute atomic E-state index is 0. The molecule has 1 atom stereocenters. The van der Waals surface area contributed by atoms with E-state index in [0.29, 0.717) is 30.4 Å². The standard InChI is InChI=1S/C22H34ClN3O3.HI/c1-2-24-22(25-11-15-28-20-8-5-6-18(23)16-20)26-12-9-19(10-13-26)29-17-21-7-3-4-14-27-21;/h5-6,8,16,19,21H,2-4,7,9-15,17H2,1H3,(H,24,25);1H. The third-order valence-electron chi connectivity index (χ3n) is 5.29. The molecule has 6 nitrogen and oxygen atoms in total. The first kappa shape index (κ1) is 25.5. The Balaban J connectivity index is 0.00000320. The maximum Gasteiger partial charge on any atom is 0.194 e. The molecular weight excluding hydrogens is 517 g/mol. The predicted molar refractivity (Wildman–Crippen MR) is 132 cm³/mol. The van der Waals surface area contributed by atoms with Gasteiger partial charge in [-0.2, -0.15) is 0 Å². The van der Waals surface area contributed by atoms with Crippen LogP contribution < -0.4 is 10.1 Å². The van der Waals surface area contributed by atoms with Crippen LogP contribution in [0.15, 0.2) is 29.3 Å². The number of likely N-dealkylation sites (tertiary alicyclic amines) is 1. The van der Waals surface area contributed by atoms with Crippen LogP contribution >= 0.6 is 35.6 Å². The number of nitrogens with zero attached hydrogens (tertiary/aromatic N) is 2. The van der Waals surface area contributed by atoms with Crippen molar-refractivity contribution in [2.24, 2.45) is 4.99 Å². The molecule has 0 radical (unpaired) electrons. The number of benzene rings is 1. The van der Waals surface area contributed by atoms with Crippen molar-refractivity contribution in [2.75, 3.05) is 46.0 Å². The fourth-order valence-corrected chi connectivity index (χ4v) is 3.89. The molecule has 1 aromatic rings. The smallest absolute Gasteiger partial charge is 0.194 e. The molecule has 2 fully saturated rings. The normalized spacial score (nSPS) is 20.5. The maximum atomic E-state index is 6.12. The van der Waals surface area contributed by atoms with Gasteiger partial charge < -0.3 is 24.4 Å². The van der Waals surface area contributed by atoms with E-state index in [1.165, 1.54) is 12.8 Å². The van der Waals surface area contributed by atoms with E-state index in [2.05, 4.69) is 17.1 Å². The average molecular weight is 552 g/mol. The van der Waals surface area contributed by atoms with Gasteiger partial charge >= 0.3 is 0 Å². The van der Waals surface area contributed by atoms with Gasteiger partial charge in [0, 0.05) is 31.3 Å². The summed E-state index contributed by atoms with van der Waals surface area (Å²) in [5.41, 5.74) is 0. The third kappa shape index (κ3) is 8.77. The van der Waals surface area contributed by atoms with Crippen molar-refractivity contribution < 1.29 is 14.2 Å². The van der Waals surface area contributed by atoms with E-state index in [1.54, 1.807) is 0 Å². The van der Waals surface area contributed by atoms with Crippen molar-refractivity contribution in [1.29, 1.82) is 0 Å². The van der Waals surface area contributed by atoms with Crippen LogP contribution in [0, 0.1) is 0 Å². The lowest BCUT2D eigenvalue weighted by Crippen LogP contribution is -2.47. The van der Waals surface area contributed by atoms with Gasteiger partial charge in [0.1, 0.15) is 12.4 Å². The summed E-state index contributed by atoms with van der Waals surface area (Å²) in [5.74, 6) is 1.73. The molecule has 30 heavy (non-hydrogen) atoms. The molecule has 2 aliphatic heterocycles. The summed E-state index contributed by atoms with van der Waals surface area (Å²) in [7, 11) is 0. The Morgan fingerprint density at radius 1 is 1.27 bits per heavy atom. The van der Waals surface area contributed by atoms with E-state index in [4.69, 9.17) is 30.8 Å². The summed E-state index contributed by atoms with van der Waals surface area (Å²) in [4.78, 5) is 7.05. The Morgan fingerprint density at radius 2 is 2.10 bits per heavy atom. The molecule has 0 amide bonds. The lowest BCUT2D eigenvalue weighted by molar-refractivity contribution is -0.0721. The van der Waals surface area contributed by atoms with E-state index in [0.717, 1.165) is 63.8 Å². The zero-order valence-corrected chi connectivity index (χ0v) is 20.9. The van der Waals surface area contributed by atoms with Gasteiger partial charge in [0.2, 0.25) is 0 Å². The summed E-state index contributed by atoms with van der Waals surface area (Å²) < 4.78 is 17.6. The molecule has 2 aliphatic rings.